The summed E-state index contributed by atoms with van der Waals surface area (Å²) in [5.41, 5.74) is 9.08. The van der Waals surface area contributed by atoms with Crippen LogP contribution >= 0.6 is 22.9 Å². The summed E-state index contributed by atoms with van der Waals surface area (Å²) in [5, 5.41) is 8.79. The topological polar surface area (TPSA) is 123 Å². The molecule has 238 valence electrons. The van der Waals surface area contributed by atoms with Gasteiger partial charge >= 0.3 is 12.1 Å². The number of thiophene rings is 1. The molecule has 0 bridgehead atoms. The van der Waals surface area contributed by atoms with Gasteiger partial charge in [0.2, 0.25) is 0 Å². The molecule has 0 aliphatic carbocycles. The highest BCUT2D eigenvalue weighted by Crippen LogP contribution is 2.32. The third-order valence-corrected chi connectivity index (χ3v) is 10.7. The Balaban J connectivity index is 1.09. The highest BCUT2D eigenvalue weighted by atomic mass is 35.5. The van der Waals surface area contributed by atoms with Crippen LogP contribution in [0.4, 0.5) is 21.0 Å². The van der Waals surface area contributed by atoms with Crippen LogP contribution in [0.5, 0.6) is 0 Å². The number of likely N-dealkylation sites (tertiary alicyclic amines) is 2. The molecule has 4 aliphatic heterocycles. The number of anilines is 2. The number of piperazine rings is 1. The van der Waals surface area contributed by atoms with E-state index in [1.807, 2.05) is 34.2 Å². The fourth-order valence-electron chi connectivity index (χ4n) is 6.88. The summed E-state index contributed by atoms with van der Waals surface area (Å²) < 4.78 is 6.01. The van der Waals surface area contributed by atoms with Gasteiger partial charge in [0.15, 0.2) is 6.10 Å². The van der Waals surface area contributed by atoms with Gasteiger partial charge in [0.1, 0.15) is 0 Å². The second-order valence-electron chi connectivity index (χ2n) is 12.3. The molecule has 1 aromatic heterocycles. The summed E-state index contributed by atoms with van der Waals surface area (Å²) in [7, 11) is 0. The van der Waals surface area contributed by atoms with Crippen molar-refractivity contribution in [2.45, 2.75) is 63.8 Å². The van der Waals surface area contributed by atoms with Crippen molar-refractivity contribution in [3.63, 3.8) is 0 Å². The van der Waals surface area contributed by atoms with Crippen molar-refractivity contribution in [2.24, 2.45) is 0 Å². The van der Waals surface area contributed by atoms with E-state index < -0.39 is 12.2 Å². The van der Waals surface area contributed by atoms with Gasteiger partial charge in [-0.25, -0.2) is 9.59 Å². The highest BCUT2D eigenvalue weighted by Gasteiger charge is 2.37. The summed E-state index contributed by atoms with van der Waals surface area (Å²) in [5.74, 6) is -0.172. The van der Waals surface area contributed by atoms with Crippen LogP contribution in [0.25, 0.3) is 0 Å². The van der Waals surface area contributed by atoms with Gasteiger partial charge in [-0.15, -0.1) is 11.3 Å². The molecule has 3 fully saturated rings. The van der Waals surface area contributed by atoms with Crippen molar-refractivity contribution in [1.82, 2.24) is 24.9 Å². The molecule has 1 aromatic carbocycles. The predicted octanol–water partition coefficient (Wildman–Crippen LogP) is 3.75. The number of nitrogen functional groups attached to an aromatic ring is 1. The van der Waals surface area contributed by atoms with E-state index in [1.165, 1.54) is 0 Å². The van der Waals surface area contributed by atoms with Crippen molar-refractivity contribution in [2.75, 3.05) is 63.4 Å². The number of hydrogen-bond donors (Lipinski definition) is 3. The Hall–Kier alpha value is -3.06. The smallest absolute Gasteiger partial charge is 0.410 e. The average molecular weight is 644 g/mol. The van der Waals surface area contributed by atoms with Crippen molar-refractivity contribution in [1.29, 1.82) is 0 Å². The van der Waals surface area contributed by atoms with Gasteiger partial charge in [-0.05, 0) is 61.2 Å². The van der Waals surface area contributed by atoms with Crippen LogP contribution < -0.4 is 16.4 Å². The second kappa shape index (κ2) is 13.5. The first kappa shape index (κ1) is 30.9. The van der Waals surface area contributed by atoms with Gasteiger partial charge in [0, 0.05) is 75.7 Å². The minimum Gasteiger partial charge on any atom is -0.436 e. The first-order valence-corrected chi connectivity index (χ1v) is 16.9. The third kappa shape index (κ3) is 6.78. The minimum atomic E-state index is -0.972. The van der Waals surface area contributed by atoms with E-state index in [9.17, 15) is 14.4 Å². The van der Waals surface area contributed by atoms with Crippen LogP contribution in [0.2, 0.25) is 5.02 Å². The van der Waals surface area contributed by atoms with Gasteiger partial charge in [-0.3, -0.25) is 9.69 Å². The minimum absolute atomic E-state index is 0.0311. The third-order valence-electron chi connectivity index (χ3n) is 9.51. The van der Waals surface area contributed by atoms with Crippen molar-refractivity contribution >= 4 is 52.3 Å². The number of nitrogens with two attached hydrogens (primary N) is 1. The molecule has 0 spiro atoms. The number of hydrogen-bond acceptors (Lipinski definition) is 8. The number of benzene rings is 1. The zero-order valence-electron chi connectivity index (χ0n) is 25.2. The molecule has 0 radical (unpaired) electrons. The Morgan fingerprint density at radius 2 is 1.73 bits per heavy atom. The number of amides is 4. The molecule has 3 saturated heterocycles. The summed E-state index contributed by atoms with van der Waals surface area (Å²) in [6, 6.07) is 5.99. The van der Waals surface area contributed by atoms with Crippen LogP contribution in [0.3, 0.4) is 0 Å². The Morgan fingerprint density at radius 3 is 2.43 bits per heavy atom. The van der Waals surface area contributed by atoms with E-state index in [-0.39, 0.29) is 24.4 Å². The van der Waals surface area contributed by atoms with Crippen LogP contribution in [0, 0.1) is 6.92 Å². The summed E-state index contributed by atoms with van der Waals surface area (Å²) in [4.78, 5) is 49.2. The van der Waals surface area contributed by atoms with Crippen LogP contribution in [0.15, 0.2) is 23.6 Å². The number of urea groups is 1. The van der Waals surface area contributed by atoms with E-state index in [4.69, 9.17) is 22.1 Å². The lowest BCUT2D eigenvalue weighted by molar-refractivity contribution is -0.142. The normalized spacial score (nSPS) is 21.1. The van der Waals surface area contributed by atoms with Gasteiger partial charge in [0.25, 0.3) is 5.91 Å². The molecular weight excluding hydrogens is 602 g/mol. The maximum absolute atomic E-state index is 13.9. The van der Waals surface area contributed by atoms with Crippen LogP contribution in [-0.4, -0.2) is 108 Å². The van der Waals surface area contributed by atoms with Gasteiger partial charge in [-0.1, -0.05) is 17.7 Å². The lowest BCUT2D eigenvalue weighted by Crippen LogP contribution is -2.54. The van der Waals surface area contributed by atoms with E-state index in [0.717, 1.165) is 60.7 Å². The van der Waals surface area contributed by atoms with Crippen molar-refractivity contribution in [3.8, 4) is 0 Å². The van der Waals surface area contributed by atoms with E-state index in [0.29, 0.717) is 62.3 Å². The summed E-state index contributed by atoms with van der Waals surface area (Å²) >= 11 is 8.02. The van der Waals surface area contributed by atoms with Gasteiger partial charge in [0.05, 0.1) is 22.9 Å². The number of carbonyl (C=O) groups excluding carboxylic acids is 3. The van der Waals surface area contributed by atoms with Crippen LogP contribution in [0.1, 0.15) is 41.7 Å². The Kier molecular flexibility index (Phi) is 9.51. The molecule has 44 heavy (non-hydrogen) atoms. The van der Waals surface area contributed by atoms with Crippen molar-refractivity contribution in [3.05, 3.63) is 44.6 Å². The van der Waals surface area contributed by atoms with Gasteiger partial charge < -0.3 is 35.8 Å². The number of rotatable bonds is 6. The quantitative estimate of drug-likeness (QED) is 0.410. The van der Waals surface area contributed by atoms with Gasteiger partial charge in [-0.2, -0.15) is 0 Å². The molecule has 1 atom stereocenters. The lowest BCUT2D eigenvalue weighted by atomic mass is 10.00. The number of aryl methyl sites for hydroxylation is 1. The first-order valence-electron chi connectivity index (χ1n) is 15.6. The molecule has 0 saturated carbocycles. The van der Waals surface area contributed by atoms with E-state index >= 15 is 0 Å². The molecule has 2 aromatic rings. The van der Waals surface area contributed by atoms with Crippen molar-refractivity contribution < 1.29 is 19.1 Å². The molecule has 4 amide bonds. The highest BCUT2D eigenvalue weighted by molar-refractivity contribution is 7.10. The number of piperidine rings is 2. The van der Waals surface area contributed by atoms with E-state index in [1.54, 1.807) is 22.3 Å². The molecule has 0 unspecified atom stereocenters. The largest absolute Gasteiger partial charge is 0.436 e. The lowest BCUT2D eigenvalue weighted by Gasteiger charge is -2.41. The maximum atomic E-state index is 13.9. The first-order chi connectivity index (χ1) is 21.3. The Bertz CT molecular complexity index is 1340. The Morgan fingerprint density at radius 1 is 1.05 bits per heavy atom. The predicted molar refractivity (Wildman–Crippen MR) is 172 cm³/mol. The maximum Gasteiger partial charge on any atom is 0.410 e. The fraction of sp³-hybridized carbons (Fsp3) is 0.581. The number of fused-ring (bicyclic) bond motifs is 1. The standard InChI is InChI=1S/C31H42ClN7O4S/c1-20-16-21(17-24(32)28(20)33)18-26(29(40)37-9-2-22(3-10-37)36-13-7-34-8-14-36)43-31(42)38-11-4-23(5-12-38)39-19-27-25(6-15-44-27)35-30(39)41/h6,15-17,22-23,26,34H,2-5,7-14,18-19,33H2,1H3,(H,35,41)/t26-/m1/s1. The fourth-order valence-corrected chi connectivity index (χ4v) is 8.00. The summed E-state index contributed by atoms with van der Waals surface area (Å²) in [6.45, 7) is 8.70. The molecule has 5 heterocycles. The number of nitrogens with one attached hydrogen (secondary N) is 2. The molecule has 6 rings (SSSR count). The van der Waals surface area contributed by atoms with Crippen LogP contribution in [-0.2, 0) is 22.5 Å². The second-order valence-corrected chi connectivity index (χ2v) is 13.7. The zero-order valence-corrected chi connectivity index (χ0v) is 26.8. The average Bonchev–Trinajstić information content (AvgIpc) is 3.50. The van der Waals surface area contributed by atoms with E-state index in [2.05, 4.69) is 15.5 Å². The SMILES string of the molecule is Cc1cc(C[C@@H](OC(=O)N2CCC(N3Cc4sccc4NC3=O)CC2)C(=O)N2CCC(N3CCNCC3)CC2)cc(Cl)c1N. The zero-order chi connectivity index (χ0) is 30.8. The Labute approximate surface area is 267 Å². The molecular formula is C31H42ClN7O4S. The number of carbonyl (C=O) groups is 3. The molecule has 13 heteroatoms. The molecule has 4 aliphatic rings. The number of nitrogens with zero attached hydrogens (tertiary/aromatic N) is 4. The molecule has 4 N–H and O–H groups in total. The molecule has 11 nitrogen and oxygen atoms in total. The number of ether oxygens (including phenoxy) is 1. The monoisotopic (exact) mass is 643 g/mol. The summed E-state index contributed by atoms with van der Waals surface area (Å²) in [6.07, 6.45) is 1.85. The number of halogens is 1.